The number of carbonyl (C=O) groups is 1. The smallest absolute Gasteiger partial charge is 0.254 e. The third-order valence-corrected chi connectivity index (χ3v) is 5.14. The largest absolute Gasteiger partial charge is 0.329 e. The zero-order chi connectivity index (χ0) is 18.8. The van der Waals surface area contributed by atoms with Gasteiger partial charge in [-0.3, -0.25) is 4.79 Å². The predicted molar refractivity (Wildman–Crippen MR) is 107 cm³/mol. The number of nitrogens with zero attached hydrogens (tertiary/aromatic N) is 3. The van der Waals surface area contributed by atoms with Gasteiger partial charge >= 0.3 is 0 Å². The van der Waals surface area contributed by atoms with Gasteiger partial charge in [0.05, 0.1) is 6.54 Å². The van der Waals surface area contributed by atoms with Crippen molar-refractivity contribution < 1.29 is 4.79 Å². The van der Waals surface area contributed by atoms with E-state index < -0.39 is 0 Å². The zero-order valence-corrected chi connectivity index (χ0v) is 16.1. The molecule has 138 valence electrons. The van der Waals surface area contributed by atoms with E-state index in [1.807, 2.05) is 66.6 Å². The van der Waals surface area contributed by atoms with Crippen molar-refractivity contribution >= 4 is 17.5 Å². The second-order valence-electron chi connectivity index (χ2n) is 7.13. The minimum atomic E-state index is 0.0785. The van der Waals surface area contributed by atoms with Crippen molar-refractivity contribution in [3.8, 4) is 0 Å². The molecule has 3 aromatic rings. The van der Waals surface area contributed by atoms with Crippen LogP contribution in [0.1, 0.15) is 40.2 Å². The summed E-state index contributed by atoms with van der Waals surface area (Å²) in [5.74, 6) is 0.970. The minimum absolute atomic E-state index is 0.0785. The van der Waals surface area contributed by atoms with E-state index in [0.717, 1.165) is 40.4 Å². The van der Waals surface area contributed by atoms with E-state index in [0.29, 0.717) is 19.1 Å². The molecule has 0 saturated heterocycles. The van der Waals surface area contributed by atoms with E-state index in [4.69, 9.17) is 11.6 Å². The van der Waals surface area contributed by atoms with Crippen LogP contribution in [0, 0.1) is 6.92 Å². The number of benzene rings is 2. The number of hydrogen-bond acceptors (Lipinski definition) is 2. The Morgan fingerprint density at radius 3 is 2.70 bits per heavy atom. The summed E-state index contributed by atoms with van der Waals surface area (Å²) in [5.41, 5.74) is 3.01. The quantitative estimate of drug-likeness (QED) is 0.622. The van der Waals surface area contributed by atoms with Gasteiger partial charge in [0.1, 0.15) is 5.82 Å². The van der Waals surface area contributed by atoms with Crippen molar-refractivity contribution in [2.45, 2.75) is 38.9 Å². The van der Waals surface area contributed by atoms with Crippen molar-refractivity contribution in [2.75, 3.05) is 0 Å². The van der Waals surface area contributed by atoms with Gasteiger partial charge in [0, 0.05) is 35.6 Å². The molecule has 0 aliphatic heterocycles. The van der Waals surface area contributed by atoms with Gasteiger partial charge in [-0.05, 0) is 49.6 Å². The first-order chi connectivity index (χ1) is 13.1. The van der Waals surface area contributed by atoms with Crippen LogP contribution in [-0.2, 0) is 13.1 Å². The SMILES string of the molecule is Cc1ccc(C(=O)N(Cc2nccn2Cc2cccc(Cl)c2)C2CC2)cc1. The number of aromatic nitrogens is 2. The van der Waals surface area contributed by atoms with Gasteiger partial charge in [-0.25, -0.2) is 4.98 Å². The first-order valence-electron chi connectivity index (χ1n) is 9.22. The molecule has 0 bridgehead atoms. The first-order valence-corrected chi connectivity index (χ1v) is 9.60. The number of carbonyl (C=O) groups excluding carboxylic acids is 1. The van der Waals surface area contributed by atoms with Crippen LogP contribution in [0.3, 0.4) is 0 Å². The van der Waals surface area contributed by atoms with Crippen LogP contribution in [0.25, 0.3) is 0 Å². The van der Waals surface area contributed by atoms with E-state index in [1.54, 1.807) is 6.20 Å². The number of hydrogen-bond donors (Lipinski definition) is 0. The molecule has 1 aliphatic carbocycles. The van der Waals surface area contributed by atoms with Crippen LogP contribution in [0.5, 0.6) is 0 Å². The molecule has 2 aromatic carbocycles. The van der Waals surface area contributed by atoms with Crippen molar-refractivity contribution in [2.24, 2.45) is 0 Å². The Bertz CT molecular complexity index is 944. The molecule has 27 heavy (non-hydrogen) atoms. The van der Waals surface area contributed by atoms with Gasteiger partial charge in [-0.15, -0.1) is 0 Å². The molecule has 0 unspecified atom stereocenters. The molecular formula is C22H22ClN3O. The number of halogens is 1. The summed E-state index contributed by atoms with van der Waals surface area (Å²) in [6, 6.07) is 15.9. The lowest BCUT2D eigenvalue weighted by Gasteiger charge is -2.23. The molecule has 1 fully saturated rings. The molecule has 1 aromatic heterocycles. The van der Waals surface area contributed by atoms with Crippen molar-refractivity contribution in [3.63, 3.8) is 0 Å². The van der Waals surface area contributed by atoms with Gasteiger partial charge in [-0.2, -0.15) is 0 Å². The average molecular weight is 380 g/mol. The summed E-state index contributed by atoms with van der Waals surface area (Å²) in [5, 5.41) is 0.725. The molecule has 5 heteroatoms. The van der Waals surface area contributed by atoms with Crippen LogP contribution in [0.15, 0.2) is 60.9 Å². The highest BCUT2D eigenvalue weighted by molar-refractivity contribution is 6.30. The van der Waals surface area contributed by atoms with Gasteiger partial charge < -0.3 is 9.47 Å². The number of rotatable bonds is 6. The Morgan fingerprint density at radius 2 is 2.00 bits per heavy atom. The standard InChI is InChI=1S/C22H22ClN3O/c1-16-5-7-18(8-6-16)22(27)26(20-9-10-20)15-21-24-11-12-25(21)14-17-3-2-4-19(23)13-17/h2-8,11-13,20H,9-10,14-15H2,1H3. The number of amides is 1. The lowest BCUT2D eigenvalue weighted by Crippen LogP contribution is -2.33. The van der Waals surface area contributed by atoms with Crippen LogP contribution >= 0.6 is 11.6 Å². The summed E-state index contributed by atoms with van der Waals surface area (Å²) < 4.78 is 2.09. The lowest BCUT2D eigenvalue weighted by molar-refractivity contribution is 0.0723. The predicted octanol–water partition coefficient (Wildman–Crippen LogP) is 4.70. The normalized spacial score (nSPS) is 13.6. The zero-order valence-electron chi connectivity index (χ0n) is 15.3. The molecule has 0 atom stereocenters. The second-order valence-corrected chi connectivity index (χ2v) is 7.57. The molecule has 0 N–H and O–H groups in total. The van der Waals surface area contributed by atoms with Crippen molar-refractivity contribution in [1.29, 1.82) is 0 Å². The topological polar surface area (TPSA) is 38.1 Å². The fraction of sp³-hybridized carbons (Fsp3) is 0.273. The highest BCUT2D eigenvalue weighted by atomic mass is 35.5. The van der Waals surface area contributed by atoms with E-state index >= 15 is 0 Å². The maximum atomic E-state index is 13.0. The van der Waals surface area contributed by atoms with Gasteiger partial charge in [-0.1, -0.05) is 41.4 Å². The van der Waals surface area contributed by atoms with Gasteiger partial charge in [0.2, 0.25) is 0 Å². The summed E-state index contributed by atoms with van der Waals surface area (Å²) in [7, 11) is 0. The highest BCUT2D eigenvalue weighted by Crippen LogP contribution is 2.30. The molecule has 1 aliphatic rings. The van der Waals surface area contributed by atoms with Crippen LogP contribution in [-0.4, -0.2) is 26.4 Å². The molecule has 0 radical (unpaired) electrons. The maximum absolute atomic E-state index is 13.0. The Kier molecular flexibility index (Phi) is 4.99. The third kappa shape index (κ3) is 4.22. The molecular weight excluding hydrogens is 358 g/mol. The fourth-order valence-electron chi connectivity index (χ4n) is 3.23. The Balaban J connectivity index is 1.54. The van der Waals surface area contributed by atoms with Crippen LogP contribution in [0.2, 0.25) is 5.02 Å². The third-order valence-electron chi connectivity index (χ3n) is 4.90. The molecule has 4 nitrogen and oxygen atoms in total. The molecule has 1 saturated carbocycles. The Labute approximate surface area is 164 Å². The highest BCUT2D eigenvalue weighted by Gasteiger charge is 2.33. The summed E-state index contributed by atoms with van der Waals surface area (Å²) in [4.78, 5) is 19.5. The molecule has 0 spiro atoms. The van der Waals surface area contributed by atoms with E-state index in [1.165, 1.54) is 0 Å². The Hall–Kier alpha value is -2.59. The van der Waals surface area contributed by atoms with Gasteiger partial charge in [0.25, 0.3) is 5.91 Å². The van der Waals surface area contributed by atoms with E-state index in [-0.39, 0.29) is 5.91 Å². The summed E-state index contributed by atoms with van der Waals surface area (Å²) in [6.45, 7) is 3.23. The first kappa shape index (κ1) is 17.8. The molecule has 1 amide bonds. The molecule has 1 heterocycles. The minimum Gasteiger partial charge on any atom is -0.329 e. The van der Waals surface area contributed by atoms with E-state index in [9.17, 15) is 4.79 Å². The Morgan fingerprint density at radius 1 is 1.22 bits per heavy atom. The van der Waals surface area contributed by atoms with Crippen LogP contribution < -0.4 is 0 Å². The summed E-state index contributed by atoms with van der Waals surface area (Å²) >= 11 is 6.10. The maximum Gasteiger partial charge on any atom is 0.254 e. The summed E-state index contributed by atoms with van der Waals surface area (Å²) in [6.07, 6.45) is 5.87. The molecule has 4 rings (SSSR count). The monoisotopic (exact) mass is 379 g/mol. The fourth-order valence-corrected chi connectivity index (χ4v) is 3.45. The van der Waals surface area contributed by atoms with Gasteiger partial charge in [0.15, 0.2) is 0 Å². The number of aryl methyl sites for hydroxylation is 1. The second kappa shape index (κ2) is 7.57. The van der Waals surface area contributed by atoms with Crippen molar-refractivity contribution in [1.82, 2.24) is 14.5 Å². The average Bonchev–Trinajstić information content (AvgIpc) is 3.41. The number of imidazole rings is 1. The van der Waals surface area contributed by atoms with Crippen LogP contribution in [0.4, 0.5) is 0 Å². The lowest BCUT2D eigenvalue weighted by atomic mass is 10.1. The van der Waals surface area contributed by atoms with Crippen molar-refractivity contribution in [3.05, 3.63) is 88.5 Å². The van der Waals surface area contributed by atoms with E-state index in [2.05, 4.69) is 9.55 Å².